The van der Waals surface area contributed by atoms with Crippen LogP contribution in [-0.4, -0.2) is 39.4 Å². The normalized spacial score (nSPS) is 14.5. The number of aliphatic imine (C=N–C) groups is 1. The molecule has 0 spiro atoms. The first-order chi connectivity index (χ1) is 11.7. The molecule has 1 aliphatic carbocycles. The van der Waals surface area contributed by atoms with E-state index in [1.807, 2.05) is 6.07 Å². The minimum absolute atomic E-state index is 0.594. The van der Waals surface area contributed by atoms with Gasteiger partial charge in [-0.1, -0.05) is 12.1 Å². The molecule has 5 nitrogen and oxygen atoms in total. The maximum absolute atomic E-state index is 5.65. The fourth-order valence-electron chi connectivity index (χ4n) is 2.40. The van der Waals surface area contributed by atoms with Gasteiger partial charge in [0.15, 0.2) is 5.96 Å². The van der Waals surface area contributed by atoms with Crippen molar-refractivity contribution in [3.63, 3.8) is 0 Å². The van der Waals surface area contributed by atoms with E-state index in [2.05, 4.69) is 41.6 Å². The summed E-state index contributed by atoms with van der Waals surface area (Å²) in [6, 6.07) is 6.21. The molecule has 24 heavy (non-hydrogen) atoms. The third-order valence-electron chi connectivity index (χ3n) is 4.00. The fourth-order valence-corrected chi connectivity index (χ4v) is 2.40. The van der Waals surface area contributed by atoms with Gasteiger partial charge in [-0.25, -0.2) is 4.99 Å². The van der Waals surface area contributed by atoms with Crippen molar-refractivity contribution in [2.24, 2.45) is 10.9 Å². The van der Waals surface area contributed by atoms with E-state index < -0.39 is 0 Å². The molecule has 0 saturated heterocycles. The lowest BCUT2D eigenvalue weighted by Crippen LogP contribution is -2.38. The molecule has 0 unspecified atom stereocenters. The van der Waals surface area contributed by atoms with Crippen LogP contribution in [0.3, 0.4) is 0 Å². The smallest absolute Gasteiger partial charge is 0.191 e. The Morgan fingerprint density at radius 3 is 2.83 bits per heavy atom. The number of nitrogens with zero attached hydrogens (tertiary/aromatic N) is 1. The van der Waals surface area contributed by atoms with Crippen molar-refractivity contribution in [1.29, 1.82) is 0 Å². The standard InChI is InChI=1S/C19H31N3O2/c1-4-20-19(21-10-5-11-24-14-16-7-8-16)22-13-17-9-6-15(2)12-18(17)23-3/h6,9,12,16H,4-5,7-8,10-11,13-14H2,1-3H3,(H2,20,21,22). The van der Waals surface area contributed by atoms with Gasteiger partial charge in [-0.3, -0.25) is 0 Å². The number of benzene rings is 1. The van der Waals surface area contributed by atoms with Crippen LogP contribution < -0.4 is 15.4 Å². The van der Waals surface area contributed by atoms with Gasteiger partial charge in [0, 0.05) is 31.9 Å². The maximum atomic E-state index is 5.65. The molecule has 2 rings (SSSR count). The topological polar surface area (TPSA) is 54.9 Å². The minimum atomic E-state index is 0.594. The van der Waals surface area contributed by atoms with Gasteiger partial charge in [0.05, 0.1) is 13.7 Å². The molecule has 1 fully saturated rings. The van der Waals surface area contributed by atoms with Crippen molar-refractivity contribution < 1.29 is 9.47 Å². The highest BCUT2D eigenvalue weighted by molar-refractivity contribution is 5.79. The molecule has 5 heteroatoms. The zero-order valence-corrected chi connectivity index (χ0v) is 15.2. The van der Waals surface area contributed by atoms with Crippen molar-refractivity contribution >= 4 is 5.96 Å². The molecule has 0 atom stereocenters. The van der Waals surface area contributed by atoms with Crippen molar-refractivity contribution in [2.45, 2.75) is 39.7 Å². The van der Waals surface area contributed by atoms with Crippen LogP contribution in [0.25, 0.3) is 0 Å². The predicted molar refractivity (Wildman–Crippen MR) is 98.7 cm³/mol. The molecule has 0 amide bonds. The summed E-state index contributed by atoms with van der Waals surface area (Å²) >= 11 is 0. The SMILES string of the molecule is CCNC(=NCc1ccc(C)cc1OC)NCCCOCC1CC1. The van der Waals surface area contributed by atoms with Crippen molar-refractivity contribution in [3.05, 3.63) is 29.3 Å². The Morgan fingerprint density at radius 1 is 1.29 bits per heavy atom. The van der Waals surface area contributed by atoms with Crippen molar-refractivity contribution in [2.75, 3.05) is 33.4 Å². The lowest BCUT2D eigenvalue weighted by Gasteiger charge is -2.12. The van der Waals surface area contributed by atoms with Gasteiger partial charge in [-0.15, -0.1) is 0 Å². The zero-order chi connectivity index (χ0) is 17.2. The summed E-state index contributed by atoms with van der Waals surface area (Å²) in [4.78, 5) is 4.65. The number of aryl methyl sites for hydroxylation is 1. The molecular formula is C19H31N3O2. The van der Waals surface area contributed by atoms with Gasteiger partial charge >= 0.3 is 0 Å². The van der Waals surface area contributed by atoms with Crippen LogP contribution in [0.1, 0.15) is 37.3 Å². The van der Waals surface area contributed by atoms with E-state index in [0.717, 1.165) is 55.9 Å². The van der Waals surface area contributed by atoms with Gasteiger partial charge < -0.3 is 20.1 Å². The summed E-state index contributed by atoms with van der Waals surface area (Å²) in [6.07, 6.45) is 3.68. The number of nitrogens with one attached hydrogen (secondary N) is 2. The summed E-state index contributed by atoms with van der Waals surface area (Å²) in [7, 11) is 1.70. The Kier molecular flexibility index (Phi) is 7.89. The highest BCUT2D eigenvalue weighted by Crippen LogP contribution is 2.28. The average molecular weight is 333 g/mol. The lowest BCUT2D eigenvalue weighted by molar-refractivity contribution is 0.123. The number of guanidine groups is 1. The second-order valence-corrected chi connectivity index (χ2v) is 6.31. The molecular weight excluding hydrogens is 302 g/mol. The number of hydrogen-bond acceptors (Lipinski definition) is 3. The summed E-state index contributed by atoms with van der Waals surface area (Å²) in [6.45, 7) is 8.18. The first-order valence-electron chi connectivity index (χ1n) is 8.96. The number of ether oxygens (including phenoxy) is 2. The van der Waals surface area contributed by atoms with Crippen LogP contribution in [0.4, 0.5) is 0 Å². The Labute approximate surface area is 145 Å². The molecule has 1 aliphatic rings. The van der Waals surface area contributed by atoms with E-state index in [-0.39, 0.29) is 0 Å². The van der Waals surface area contributed by atoms with E-state index >= 15 is 0 Å². The quantitative estimate of drug-likeness (QED) is 0.393. The Hall–Kier alpha value is -1.75. The van der Waals surface area contributed by atoms with Crippen LogP contribution in [0.15, 0.2) is 23.2 Å². The Morgan fingerprint density at radius 2 is 2.12 bits per heavy atom. The highest BCUT2D eigenvalue weighted by Gasteiger charge is 2.20. The number of methoxy groups -OCH3 is 1. The molecule has 0 aromatic heterocycles. The van der Waals surface area contributed by atoms with E-state index in [4.69, 9.17) is 9.47 Å². The van der Waals surface area contributed by atoms with Gasteiger partial charge in [0.1, 0.15) is 5.75 Å². The molecule has 2 N–H and O–H groups in total. The van der Waals surface area contributed by atoms with Crippen molar-refractivity contribution in [3.8, 4) is 5.75 Å². The van der Waals surface area contributed by atoms with Crippen LogP contribution in [0, 0.1) is 12.8 Å². The molecule has 1 aromatic carbocycles. The second kappa shape index (κ2) is 10.2. The monoisotopic (exact) mass is 333 g/mol. The molecule has 0 heterocycles. The Bertz CT molecular complexity index is 527. The maximum Gasteiger partial charge on any atom is 0.191 e. The van der Waals surface area contributed by atoms with Gasteiger partial charge in [0.2, 0.25) is 0 Å². The Balaban J connectivity index is 1.76. The van der Waals surface area contributed by atoms with E-state index in [1.165, 1.54) is 18.4 Å². The summed E-state index contributed by atoms with van der Waals surface area (Å²) in [5, 5.41) is 6.64. The molecule has 134 valence electrons. The fraction of sp³-hybridized carbons (Fsp3) is 0.632. The summed E-state index contributed by atoms with van der Waals surface area (Å²) in [5.74, 6) is 2.56. The van der Waals surface area contributed by atoms with Crippen LogP contribution in [0.2, 0.25) is 0 Å². The third kappa shape index (κ3) is 6.79. The zero-order valence-electron chi connectivity index (χ0n) is 15.2. The predicted octanol–water partition coefficient (Wildman–Crippen LogP) is 2.88. The molecule has 0 aliphatic heterocycles. The van der Waals surface area contributed by atoms with Gasteiger partial charge in [0.25, 0.3) is 0 Å². The van der Waals surface area contributed by atoms with Crippen LogP contribution in [-0.2, 0) is 11.3 Å². The number of rotatable bonds is 10. The lowest BCUT2D eigenvalue weighted by atomic mass is 10.1. The second-order valence-electron chi connectivity index (χ2n) is 6.31. The molecule has 0 bridgehead atoms. The summed E-state index contributed by atoms with van der Waals surface area (Å²) in [5.41, 5.74) is 2.28. The molecule has 1 aromatic rings. The van der Waals surface area contributed by atoms with Gasteiger partial charge in [-0.05, 0) is 50.7 Å². The van der Waals surface area contributed by atoms with Crippen LogP contribution in [0.5, 0.6) is 5.75 Å². The average Bonchev–Trinajstić information content (AvgIpc) is 3.40. The molecule has 0 radical (unpaired) electrons. The third-order valence-corrected chi connectivity index (χ3v) is 4.00. The van der Waals surface area contributed by atoms with E-state index in [0.29, 0.717) is 6.54 Å². The van der Waals surface area contributed by atoms with E-state index in [1.54, 1.807) is 7.11 Å². The van der Waals surface area contributed by atoms with Gasteiger partial charge in [-0.2, -0.15) is 0 Å². The highest BCUT2D eigenvalue weighted by atomic mass is 16.5. The van der Waals surface area contributed by atoms with E-state index in [9.17, 15) is 0 Å². The largest absolute Gasteiger partial charge is 0.496 e. The molecule has 1 saturated carbocycles. The summed E-state index contributed by atoms with van der Waals surface area (Å²) < 4.78 is 11.1. The van der Waals surface area contributed by atoms with Crippen LogP contribution >= 0.6 is 0 Å². The number of hydrogen-bond donors (Lipinski definition) is 2. The minimum Gasteiger partial charge on any atom is -0.496 e. The first-order valence-corrected chi connectivity index (χ1v) is 8.96. The first kappa shape index (κ1) is 18.6. The van der Waals surface area contributed by atoms with Crippen molar-refractivity contribution in [1.82, 2.24) is 10.6 Å².